The van der Waals surface area contributed by atoms with Crippen LogP contribution in [0.3, 0.4) is 0 Å². The number of nitrogens with zero attached hydrogens (tertiary/aromatic N) is 2. The largest absolute Gasteiger partial charge is 0.325 e. The fraction of sp³-hybridized carbons (Fsp3) is 0.200. The Bertz CT molecular complexity index is 792. The highest BCUT2D eigenvalue weighted by molar-refractivity contribution is 8.00. The van der Waals surface area contributed by atoms with Crippen LogP contribution < -0.4 is 11.1 Å². The third-order valence-corrected chi connectivity index (χ3v) is 4.96. The summed E-state index contributed by atoms with van der Waals surface area (Å²) < 4.78 is 1.98. The number of hydrogen-bond donors (Lipinski definition) is 2. The topological polar surface area (TPSA) is 72.4 Å². The lowest BCUT2D eigenvalue weighted by Crippen LogP contribution is -2.14. The lowest BCUT2D eigenvalue weighted by molar-refractivity contribution is -0.113. The zero-order chi connectivity index (χ0) is 15.5. The van der Waals surface area contributed by atoms with Crippen LogP contribution in [0.25, 0.3) is 4.96 Å². The van der Waals surface area contributed by atoms with E-state index in [0.29, 0.717) is 12.3 Å². The SMILES string of the molecule is Cc1ccc(NC(=O)CSc2nc3sccn3c2CN)cc1. The fourth-order valence-electron chi connectivity index (χ4n) is 2.08. The number of aryl methyl sites for hydroxylation is 1. The van der Waals surface area contributed by atoms with E-state index in [1.54, 1.807) is 11.3 Å². The summed E-state index contributed by atoms with van der Waals surface area (Å²) in [6.07, 6.45) is 1.95. The van der Waals surface area contributed by atoms with E-state index in [9.17, 15) is 4.79 Å². The molecule has 1 amide bonds. The van der Waals surface area contributed by atoms with E-state index in [4.69, 9.17) is 5.73 Å². The molecule has 0 aliphatic carbocycles. The van der Waals surface area contributed by atoms with Gasteiger partial charge in [0.15, 0.2) is 4.96 Å². The third-order valence-electron chi connectivity index (χ3n) is 3.19. The highest BCUT2D eigenvalue weighted by Crippen LogP contribution is 2.25. The van der Waals surface area contributed by atoms with Gasteiger partial charge in [-0.3, -0.25) is 9.20 Å². The van der Waals surface area contributed by atoms with Crippen LogP contribution in [-0.4, -0.2) is 21.0 Å². The van der Waals surface area contributed by atoms with Crippen LogP contribution in [0.15, 0.2) is 40.9 Å². The van der Waals surface area contributed by atoms with Gasteiger partial charge in [0.2, 0.25) is 5.91 Å². The average Bonchev–Trinajstić information content (AvgIpc) is 3.07. The molecule has 5 nitrogen and oxygen atoms in total. The Morgan fingerprint density at radius 3 is 2.91 bits per heavy atom. The van der Waals surface area contributed by atoms with Gasteiger partial charge in [0.05, 0.1) is 11.4 Å². The normalized spacial score (nSPS) is 11.0. The summed E-state index contributed by atoms with van der Waals surface area (Å²) in [6, 6.07) is 7.74. The molecule has 0 spiro atoms. The Kier molecular flexibility index (Phi) is 4.47. The molecule has 1 aromatic carbocycles. The van der Waals surface area contributed by atoms with E-state index in [-0.39, 0.29) is 5.91 Å². The summed E-state index contributed by atoms with van der Waals surface area (Å²) in [7, 11) is 0. The molecule has 2 aromatic heterocycles. The van der Waals surface area contributed by atoms with Gasteiger partial charge >= 0.3 is 0 Å². The highest BCUT2D eigenvalue weighted by atomic mass is 32.2. The molecule has 0 fully saturated rings. The smallest absolute Gasteiger partial charge is 0.234 e. The van der Waals surface area contributed by atoms with Crippen molar-refractivity contribution in [3.63, 3.8) is 0 Å². The molecular weight excluding hydrogens is 316 g/mol. The van der Waals surface area contributed by atoms with Crippen molar-refractivity contribution in [2.24, 2.45) is 5.73 Å². The third kappa shape index (κ3) is 3.16. The number of aromatic nitrogens is 2. The van der Waals surface area contributed by atoms with Gasteiger partial charge in [-0.25, -0.2) is 4.98 Å². The van der Waals surface area contributed by atoms with Gasteiger partial charge in [0, 0.05) is 23.8 Å². The minimum atomic E-state index is -0.0480. The highest BCUT2D eigenvalue weighted by Gasteiger charge is 2.13. The summed E-state index contributed by atoms with van der Waals surface area (Å²) in [5.74, 6) is 0.263. The van der Waals surface area contributed by atoms with Gasteiger partial charge in [-0.05, 0) is 19.1 Å². The number of nitrogens with one attached hydrogen (secondary N) is 1. The number of benzene rings is 1. The number of nitrogens with two attached hydrogens (primary N) is 1. The first-order chi connectivity index (χ1) is 10.7. The van der Waals surface area contributed by atoms with Crippen LogP contribution in [0.1, 0.15) is 11.3 Å². The minimum absolute atomic E-state index is 0.0480. The van der Waals surface area contributed by atoms with Crippen LogP contribution >= 0.6 is 23.1 Å². The van der Waals surface area contributed by atoms with Crippen LogP contribution in [0.5, 0.6) is 0 Å². The first kappa shape index (κ1) is 15.1. The molecule has 3 aromatic rings. The molecule has 0 atom stereocenters. The van der Waals surface area contributed by atoms with Crippen molar-refractivity contribution in [3.05, 3.63) is 47.1 Å². The molecule has 0 saturated carbocycles. The average molecular weight is 332 g/mol. The molecule has 7 heteroatoms. The number of carbonyl (C=O) groups excluding carboxylic acids is 1. The second-order valence-corrected chi connectivity index (χ2v) is 6.66. The van der Waals surface area contributed by atoms with E-state index in [0.717, 1.165) is 26.9 Å². The zero-order valence-electron chi connectivity index (χ0n) is 12.1. The zero-order valence-corrected chi connectivity index (χ0v) is 13.7. The van der Waals surface area contributed by atoms with E-state index >= 15 is 0 Å². The van der Waals surface area contributed by atoms with Gasteiger partial charge < -0.3 is 11.1 Å². The minimum Gasteiger partial charge on any atom is -0.325 e. The maximum atomic E-state index is 12.0. The van der Waals surface area contributed by atoms with Gasteiger partial charge in [0.1, 0.15) is 5.03 Å². The molecule has 2 heterocycles. The standard InChI is InChI=1S/C15H16N4OS2/c1-10-2-4-11(5-3-10)17-13(20)9-22-14-12(8-16)19-6-7-21-15(19)18-14/h2-7H,8-9,16H2,1H3,(H,17,20). The number of thiazole rings is 1. The Morgan fingerprint density at radius 1 is 1.41 bits per heavy atom. The molecular formula is C15H16N4OS2. The molecule has 0 unspecified atom stereocenters. The monoisotopic (exact) mass is 332 g/mol. The van der Waals surface area contributed by atoms with E-state index in [2.05, 4.69) is 10.3 Å². The Labute approximate surface area is 136 Å². The van der Waals surface area contributed by atoms with Gasteiger partial charge in [-0.2, -0.15) is 0 Å². The van der Waals surface area contributed by atoms with Crippen LogP contribution in [0.4, 0.5) is 5.69 Å². The molecule has 0 saturated heterocycles. The molecule has 22 heavy (non-hydrogen) atoms. The lowest BCUT2D eigenvalue weighted by Gasteiger charge is -2.05. The number of rotatable bonds is 5. The number of hydrogen-bond acceptors (Lipinski definition) is 5. The van der Waals surface area contributed by atoms with Crippen molar-refractivity contribution in [1.29, 1.82) is 0 Å². The number of imidazole rings is 1. The van der Waals surface area contributed by atoms with Crippen molar-refractivity contribution in [3.8, 4) is 0 Å². The molecule has 3 rings (SSSR count). The predicted octanol–water partition coefficient (Wildman–Crippen LogP) is 2.89. The Morgan fingerprint density at radius 2 is 2.18 bits per heavy atom. The predicted molar refractivity (Wildman–Crippen MR) is 91.5 cm³/mol. The van der Waals surface area contributed by atoms with E-state index in [1.165, 1.54) is 11.8 Å². The van der Waals surface area contributed by atoms with Gasteiger partial charge in [-0.15, -0.1) is 11.3 Å². The Balaban J connectivity index is 1.64. The first-order valence-electron chi connectivity index (χ1n) is 6.81. The van der Waals surface area contributed by atoms with Crippen LogP contribution in [0, 0.1) is 6.92 Å². The van der Waals surface area contributed by atoms with Crippen molar-refractivity contribution in [2.45, 2.75) is 18.5 Å². The summed E-state index contributed by atoms with van der Waals surface area (Å²) in [5, 5.41) is 5.68. The van der Waals surface area contributed by atoms with Crippen molar-refractivity contribution >= 4 is 39.7 Å². The fourth-order valence-corrected chi connectivity index (χ4v) is 3.71. The number of anilines is 1. The molecule has 0 aliphatic rings. The van der Waals surface area contributed by atoms with Gasteiger partial charge in [-0.1, -0.05) is 29.5 Å². The second kappa shape index (κ2) is 6.51. The van der Waals surface area contributed by atoms with Crippen molar-refractivity contribution < 1.29 is 4.79 Å². The Hall–Kier alpha value is -1.83. The lowest BCUT2D eigenvalue weighted by atomic mass is 10.2. The van der Waals surface area contributed by atoms with Crippen LogP contribution in [0.2, 0.25) is 0 Å². The van der Waals surface area contributed by atoms with Gasteiger partial charge in [0.25, 0.3) is 0 Å². The molecule has 0 bridgehead atoms. The summed E-state index contributed by atoms with van der Waals surface area (Å²) in [6.45, 7) is 2.42. The second-order valence-electron chi connectivity index (χ2n) is 4.83. The molecule has 0 aliphatic heterocycles. The molecule has 3 N–H and O–H groups in total. The first-order valence-corrected chi connectivity index (χ1v) is 8.67. The summed E-state index contributed by atoms with van der Waals surface area (Å²) in [5.41, 5.74) is 8.71. The number of carbonyl (C=O) groups is 1. The molecule has 0 radical (unpaired) electrons. The van der Waals surface area contributed by atoms with Crippen molar-refractivity contribution in [2.75, 3.05) is 11.1 Å². The van der Waals surface area contributed by atoms with E-state index < -0.39 is 0 Å². The number of thioether (sulfide) groups is 1. The van der Waals surface area contributed by atoms with Crippen LogP contribution in [-0.2, 0) is 11.3 Å². The maximum Gasteiger partial charge on any atom is 0.234 e. The van der Waals surface area contributed by atoms with E-state index in [1.807, 2.05) is 47.2 Å². The quantitative estimate of drug-likeness (QED) is 0.705. The number of fused-ring (bicyclic) bond motifs is 1. The summed E-state index contributed by atoms with van der Waals surface area (Å²) in [4.78, 5) is 17.5. The molecule has 114 valence electrons. The summed E-state index contributed by atoms with van der Waals surface area (Å²) >= 11 is 2.97. The van der Waals surface area contributed by atoms with Crippen molar-refractivity contribution in [1.82, 2.24) is 9.38 Å². The maximum absolute atomic E-state index is 12.0. The number of amides is 1.